The van der Waals surface area contributed by atoms with E-state index in [-0.39, 0.29) is 12.5 Å². The van der Waals surface area contributed by atoms with E-state index in [0.717, 1.165) is 19.4 Å². The summed E-state index contributed by atoms with van der Waals surface area (Å²) in [4.78, 5) is 14.6. The molecule has 0 radical (unpaired) electrons. The molecule has 5 heteroatoms. The zero-order chi connectivity index (χ0) is 11.4. The fourth-order valence-corrected chi connectivity index (χ4v) is 1.84. The second kappa shape index (κ2) is 5.12. The summed E-state index contributed by atoms with van der Waals surface area (Å²) in [6.45, 7) is 0.799. The van der Waals surface area contributed by atoms with E-state index in [0.29, 0.717) is 18.0 Å². The summed E-state index contributed by atoms with van der Waals surface area (Å²) in [5.74, 6) is -0.322. The van der Waals surface area contributed by atoms with Crippen molar-refractivity contribution in [3.05, 3.63) is 17.8 Å². The van der Waals surface area contributed by atoms with Crippen LogP contribution >= 0.6 is 0 Å². The Morgan fingerprint density at radius 3 is 3.12 bits per heavy atom. The number of nitrogens with zero attached hydrogens (tertiary/aromatic N) is 1. The molecule has 16 heavy (non-hydrogen) atoms. The average molecular weight is 225 g/mol. The van der Waals surface area contributed by atoms with E-state index < -0.39 is 5.97 Å². The van der Waals surface area contributed by atoms with Gasteiger partial charge in [-0.3, -0.25) is 4.79 Å². The molecular weight excluding hydrogens is 210 g/mol. The largest absolute Gasteiger partial charge is 0.481 e. The fourth-order valence-electron chi connectivity index (χ4n) is 1.84. The van der Waals surface area contributed by atoms with Gasteiger partial charge >= 0.3 is 5.97 Å². The molecule has 5 nitrogen and oxygen atoms in total. The second-order valence-corrected chi connectivity index (χ2v) is 4.00. The van der Waals surface area contributed by atoms with Gasteiger partial charge in [-0.2, -0.15) is 0 Å². The van der Waals surface area contributed by atoms with Crippen LogP contribution in [0.2, 0.25) is 0 Å². The number of ether oxygens (including phenoxy) is 1. The van der Waals surface area contributed by atoms with Crippen LogP contribution in [-0.2, 0) is 22.4 Å². The SMILES string of the molecule is O=C(O)Cc1coc(CC2CCCCO2)n1. The maximum absolute atomic E-state index is 10.5. The molecule has 0 amide bonds. The number of aromatic nitrogens is 1. The summed E-state index contributed by atoms with van der Waals surface area (Å²) < 4.78 is 10.8. The van der Waals surface area contributed by atoms with E-state index in [2.05, 4.69) is 4.98 Å². The van der Waals surface area contributed by atoms with Gasteiger partial charge in [0, 0.05) is 6.61 Å². The summed E-state index contributed by atoms with van der Waals surface area (Å²) in [7, 11) is 0. The monoisotopic (exact) mass is 225 g/mol. The van der Waals surface area contributed by atoms with Gasteiger partial charge in [-0.1, -0.05) is 0 Å². The van der Waals surface area contributed by atoms with Crippen LogP contribution in [0.1, 0.15) is 30.8 Å². The molecule has 2 heterocycles. The Hall–Kier alpha value is -1.36. The van der Waals surface area contributed by atoms with Crippen LogP contribution in [0.4, 0.5) is 0 Å². The molecule has 0 spiro atoms. The van der Waals surface area contributed by atoms with Crippen LogP contribution in [-0.4, -0.2) is 28.8 Å². The summed E-state index contributed by atoms with van der Waals surface area (Å²) in [5.41, 5.74) is 0.471. The summed E-state index contributed by atoms with van der Waals surface area (Å²) in [6.07, 6.45) is 5.45. The first-order valence-corrected chi connectivity index (χ1v) is 5.50. The normalized spacial score (nSPS) is 20.9. The second-order valence-electron chi connectivity index (χ2n) is 4.00. The van der Waals surface area contributed by atoms with Crippen LogP contribution in [0.3, 0.4) is 0 Å². The minimum Gasteiger partial charge on any atom is -0.481 e. The van der Waals surface area contributed by atoms with Crippen molar-refractivity contribution in [2.45, 2.75) is 38.2 Å². The highest BCUT2D eigenvalue weighted by Gasteiger charge is 2.17. The Kier molecular flexibility index (Phi) is 3.56. The van der Waals surface area contributed by atoms with E-state index >= 15 is 0 Å². The van der Waals surface area contributed by atoms with Gasteiger partial charge in [0.05, 0.1) is 24.6 Å². The molecule has 1 fully saturated rings. The van der Waals surface area contributed by atoms with E-state index in [1.165, 1.54) is 12.7 Å². The number of hydrogen-bond acceptors (Lipinski definition) is 4. The third-order valence-electron chi connectivity index (χ3n) is 2.61. The highest BCUT2D eigenvalue weighted by atomic mass is 16.5. The van der Waals surface area contributed by atoms with Crippen LogP contribution in [0, 0.1) is 0 Å². The Balaban J connectivity index is 1.88. The molecule has 0 bridgehead atoms. The highest BCUT2D eigenvalue weighted by molar-refractivity contribution is 5.69. The minimum absolute atomic E-state index is 0.0883. The number of carbonyl (C=O) groups is 1. The van der Waals surface area contributed by atoms with Gasteiger partial charge in [-0.25, -0.2) is 4.98 Å². The summed E-state index contributed by atoms with van der Waals surface area (Å²) in [5, 5.41) is 8.59. The van der Waals surface area contributed by atoms with E-state index in [4.69, 9.17) is 14.3 Å². The molecule has 1 aromatic heterocycles. The predicted octanol–water partition coefficient (Wildman–Crippen LogP) is 1.41. The van der Waals surface area contributed by atoms with Gasteiger partial charge in [0.2, 0.25) is 0 Å². The minimum atomic E-state index is -0.895. The van der Waals surface area contributed by atoms with Gasteiger partial charge < -0.3 is 14.3 Å². The molecule has 1 atom stereocenters. The molecular formula is C11H15NO4. The quantitative estimate of drug-likeness (QED) is 0.838. The van der Waals surface area contributed by atoms with Crippen molar-refractivity contribution in [1.82, 2.24) is 4.98 Å². The Labute approximate surface area is 93.4 Å². The van der Waals surface area contributed by atoms with Gasteiger partial charge in [0.25, 0.3) is 0 Å². The van der Waals surface area contributed by atoms with E-state index in [1.54, 1.807) is 0 Å². The lowest BCUT2D eigenvalue weighted by Crippen LogP contribution is -2.21. The van der Waals surface area contributed by atoms with Gasteiger partial charge in [0.1, 0.15) is 6.26 Å². The molecule has 1 aliphatic heterocycles. The number of carboxylic acids is 1. The lowest BCUT2D eigenvalue weighted by Gasteiger charge is -2.20. The summed E-state index contributed by atoms with van der Waals surface area (Å²) >= 11 is 0. The van der Waals surface area contributed by atoms with Crippen LogP contribution < -0.4 is 0 Å². The Morgan fingerprint density at radius 2 is 2.44 bits per heavy atom. The third kappa shape index (κ3) is 3.06. The maximum Gasteiger partial charge on any atom is 0.309 e. The van der Waals surface area contributed by atoms with Gasteiger partial charge in [-0.05, 0) is 19.3 Å². The first-order chi connectivity index (χ1) is 7.74. The predicted molar refractivity (Wildman–Crippen MR) is 55.1 cm³/mol. The molecule has 1 aliphatic rings. The molecule has 0 aromatic carbocycles. The van der Waals surface area contributed by atoms with Crippen molar-refractivity contribution >= 4 is 5.97 Å². The molecule has 2 rings (SSSR count). The number of rotatable bonds is 4. The third-order valence-corrected chi connectivity index (χ3v) is 2.61. The molecule has 1 unspecified atom stereocenters. The lowest BCUT2D eigenvalue weighted by molar-refractivity contribution is -0.136. The van der Waals surface area contributed by atoms with Crippen molar-refractivity contribution in [3.8, 4) is 0 Å². The van der Waals surface area contributed by atoms with Crippen LogP contribution in [0.25, 0.3) is 0 Å². The number of aliphatic carboxylic acids is 1. The molecule has 88 valence electrons. The zero-order valence-electron chi connectivity index (χ0n) is 9.02. The topological polar surface area (TPSA) is 72.6 Å². The Morgan fingerprint density at radius 1 is 1.56 bits per heavy atom. The highest BCUT2D eigenvalue weighted by Crippen LogP contribution is 2.17. The van der Waals surface area contributed by atoms with Crippen LogP contribution in [0.5, 0.6) is 0 Å². The molecule has 1 saturated heterocycles. The lowest BCUT2D eigenvalue weighted by atomic mass is 10.1. The molecule has 0 saturated carbocycles. The van der Waals surface area contributed by atoms with Crippen molar-refractivity contribution in [3.63, 3.8) is 0 Å². The molecule has 1 N–H and O–H groups in total. The van der Waals surface area contributed by atoms with Crippen molar-refractivity contribution < 1.29 is 19.1 Å². The van der Waals surface area contributed by atoms with Crippen molar-refractivity contribution in [2.75, 3.05) is 6.61 Å². The molecule has 1 aromatic rings. The maximum atomic E-state index is 10.5. The van der Waals surface area contributed by atoms with Crippen molar-refractivity contribution in [1.29, 1.82) is 0 Å². The number of oxazole rings is 1. The fraction of sp³-hybridized carbons (Fsp3) is 0.636. The first kappa shape index (κ1) is 11.1. The van der Waals surface area contributed by atoms with Crippen molar-refractivity contribution in [2.24, 2.45) is 0 Å². The van der Waals surface area contributed by atoms with Crippen LogP contribution in [0.15, 0.2) is 10.7 Å². The smallest absolute Gasteiger partial charge is 0.309 e. The standard InChI is InChI=1S/C11H15NO4/c13-11(14)5-8-7-16-10(12-8)6-9-3-1-2-4-15-9/h7,9H,1-6H2,(H,13,14). The Bertz CT molecular complexity index is 355. The van der Waals surface area contributed by atoms with E-state index in [9.17, 15) is 4.79 Å². The van der Waals surface area contributed by atoms with E-state index in [1.807, 2.05) is 0 Å². The van der Waals surface area contributed by atoms with Gasteiger partial charge in [0.15, 0.2) is 5.89 Å². The summed E-state index contributed by atoms with van der Waals surface area (Å²) in [6, 6.07) is 0. The average Bonchev–Trinajstić information content (AvgIpc) is 2.66. The van der Waals surface area contributed by atoms with Gasteiger partial charge in [-0.15, -0.1) is 0 Å². The number of hydrogen-bond donors (Lipinski definition) is 1. The first-order valence-electron chi connectivity index (χ1n) is 5.50. The zero-order valence-corrected chi connectivity index (χ0v) is 9.02. The number of carboxylic acid groups (broad SMARTS) is 1. The molecule has 0 aliphatic carbocycles.